The van der Waals surface area contributed by atoms with Crippen LogP contribution in [-0.2, 0) is 4.74 Å². The van der Waals surface area contributed by atoms with E-state index >= 15 is 0 Å². The van der Waals surface area contributed by atoms with E-state index in [1.165, 1.54) is 0 Å². The minimum absolute atomic E-state index is 0.0452. The highest BCUT2D eigenvalue weighted by atomic mass is 16.5. The van der Waals surface area contributed by atoms with E-state index in [1.807, 2.05) is 24.3 Å². The predicted molar refractivity (Wildman–Crippen MR) is 77.1 cm³/mol. The fraction of sp³-hybridized carbons (Fsp3) is 0.357. The summed E-state index contributed by atoms with van der Waals surface area (Å²) in [5.41, 5.74) is 8.39. The van der Waals surface area contributed by atoms with Gasteiger partial charge >= 0.3 is 0 Å². The number of aromatic nitrogens is 1. The molecule has 102 valence electrons. The van der Waals surface area contributed by atoms with Crippen molar-refractivity contribution >= 4 is 22.3 Å². The van der Waals surface area contributed by atoms with E-state index in [4.69, 9.17) is 15.6 Å². The molecule has 0 radical (unpaired) electrons. The van der Waals surface area contributed by atoms with Crippen LogP contribution in [0.2, 0.25) is 0 Å². The predicted octanol–water partition coefficient (Wildman–Crippen LogP) is 1.63. The number of aliphatic hydroxyl groups is 1. The molecule has 1 aromatic heterocycles. The number of fused-ring (bicyclic) bond motifs is 1. The number of aliphatic hydroxyl groups excluding tert-OH is 1. The molecule has 4 N–H and O–H groups in total. The van der Waals surface area contributed by atoms with Crippen molar-refractivity contribution in [3.8, 4) is 0 Å². The normalized spacial score (nSPS) is 12.5. The lowest BCUT2D eigenvalue weighted by atomic mass is 10.1. The van der Waals surface area contributed by atoms with E-state index in [2.05, 4.69) is 10.3 Å². The number of rotatable bonds is 6. The smallest absolute Gasteiger partial charge is 0.0953 e. The summed E-state index contributed by atoms with van der Waals surface area (Å²) in [6.07, 6.45) is 2.36. The number of pyridine rings is 1. The molecule has 2 aromatic rings. The lowest BCUT2D eigenvalue weighted by molar-refractivity contribution is 0.170. The topological polar surface area (TPSA) is 80.4 Å². The molecule has 1 heterocycles. The largest absolute Gasteiger partial charge is 0.398 e. The quantitative estimate of drug-likeness (QED) is 0.689. The number of nitrogens with one attached hydrogen (secondary N) is 1. The molecule has 5 nitrogen and oxygen atoms in total. The van der Waals surface area contributed by atoms with Crippen molar-refractivity contribution in [3.63, 3.8) is 0 Å². The molecule has 1 aromatic carbocycles. The van der Waals surface area contributed by atoms with E-state index in [9.17, 15) is 0 Å². The van der Waals surface area contributed by atoms with Gasteiger partial charge in [-0.3, -0.25) is 4.98 Å². The molecule has 1 unspecified atom stereocenters. The molecule has 1 atom stereocenters. The molecule has 0 aliphatic rings. The number of ether oxygens (including phenoxy) is 1. The highest BCUT2D eigenvalue weighted by Crippen LogP contribution is 2.26. The van der Waals surface area contributed by atoms with Gasteiger partial charge in [0.15, 0.2) is 0 Å². The van der Waals surface area contributed by atoms with E-state index in [0.717, 1.165) is 16.6 Å². The van der Waals surface area contributed by atoms with Crippen molar-refractivity contribution in [2.24, 2.45) is 0 Å². The Labute approximate surface area is 112 Å². The van der Waals surface area contributed by atoms with Gasteiger partial charge in [0.05, 0.1) is 23.9 Å². The number of nitrogen functional groups attached to an aromatic ring is 1. The molecule has 2 rings (SSSR count). The van der Waals surface area contributed by atoms with Crippen molar-refractivity contribution in [2.75, 3.05) is 31.4 Å². The fourth-order valence-electron chi connectivity index (χ4n) is 2.09. The highest BCUT2D eigenvalue weighted by Gasteiger charge is 2.11. The molecule has 0 fully saturated rings. The SMILES string of the molecule is COCC(CCO)Nc1ccc(N)c2cccnc12. The molecule has 0 aliphatic heterocycles. The number of hydrogen-bond acceptors (Lipinski definition) is 5. The van der Waals surface area contributed by atoms with Crippen LogP contribution in [-0.4, -0.2) is 36.5 Å². The number of anilines is 2. The molecule has 0 aliphatic carbocycles. The van der Waals surface area contributed by atoms with Gasteiger partial charge in [0, 0.05) is 31.0 Å². The first-order chi connectivity index (χ1) is 9.26. The van der Waals surface area contributed by atoms with Gasteiger partial charge in [-0.2, -0.15) is 0 Å². The zero-order valence-electron chi connectivity index (χ0n) is 11.0. The van der Waals surface area contributed by atoms with Crippen LogP contribution in [0.15, 0.2) is 30.5 Å². The minimum Gasteiger partial charge on any atom is -0.398 e. The summed E-state index contributed by atoms with van der Waals surface area (Å²) in [7, 11) is 1.64. The molecule has 0 amide bonds. The van der Waals surface area contributed by atoms with Crippen LogP contribution in [0.25, 0.3) is 10.9 Å². The maximum atomic E-state index is 9.07. The summed E-state index contributed by atoms with van der Waals surface area (Å²) in [4.78, 5) is 4.37. The number of nitrogens with two attached hydrogens (primary N) is 1. The van der Waals surface area contributed by atoms with Gasteiger partial charge in [-0.15, -0.1) is 0 Å². The lowest BCUT2D eigenvalue weighted by Crippen LogP contribution is -2.26. The average Bonchev–Trinajstić information content (AvgIpc) is 2.43. The van der Waals surface area contributed by atoms with Gasteiger partial charge in [0.2, 0.25) is 0 Å². The number of hydrogen-bond donors (Lipinski definition) is 3. The summed E-state index contributed by atoms with van der Waals surface area (Å²) in [5.74, 6) is 0. The van der Waals surface area contributed by atoms with Crippen LogP contribution in [0.3, 0.4) is 0 Å². The van der Waals surface area contributed by atoms with Gasteiger partial charge in [-0.1, -0.05) is 0 Å². The summed E-state index contributed by atoms with van der Waals surface area (Å²) < 4.78 is 5.15. The van der Waals surface area contributed by atoms with Crippen molar-refractivity contribution in [1.29, 1.82) is 0 Å². The maximum absolute atomic E-state index is 9.07. The second kappa shape index (κ2) is 6.36. The third-order valence-corrected chi connectivity index (χ3v) is 3.01. The van der Waals surface area contributed by atoms with Crippen LogP contribution < -0.4 is 11.1 Å². The first kappa shape index (κ1) is 13.6. The third kappa shape index (κ3) is 3.13. The monoisotopic (exact) mass is 261 g/mol. The molecule has 0 saturated carbocycles. The third-order valence-electron chi connectivity index (χ3n) is 3.01. The molecule has 5 heteroatoms. The number of benzene rings is 1. The molecular formula is C14H19N3O2. The van der Waals surface area contributed by atoms with Gasteiger partial charge in [-0.25, -0.2) is 0 Å². The number of methoxy groups -OCH3 is 1. The van der Waals surface area contributed by atoms with Crippen LogP contribution in [0.1, 0.15) is 6.42 Å². The summed E-state index contributed by atoms with van der Waals surface area (Å²) in [6, 6.07) is 7.62. The summed E-state index contributed by atoms with van der Waals surface area (Å²) in [6.45, 7) is 0.640. The van der Waals surface area contributed by atoms with Crippen LogP contribution in [0, 0.1) is 0 Å². The second-order valence-corrected chi connectivity index (χ2v) is 4.41. The Balaban J connectivity index is 2.31. The Morgan fingerprint density at radius 2 is 2.26 bits per heavy atom. The highest BCUT2D eigenvalue weighted by molar-refractivity contribution is 5.98. The van der Waals surface area contributed by atoms with E-state index in [1.54, 1.807) is 13.3 Å². The number of nitrogens with zero attached hydrogens (tertiary/aromatic N) is 1. The van der Waals surface area contributed by atoms with Crippen molar-refractivity contribution in [2.45, 2.75) is 12.5 Å². The zero-order valence-corrected chi connectivity index (χ0v) is 11.0. The molecule has 0 spiro atoms. The second-order valence-electron chi connectivity index (χ2n) is 4.41. The minimum atomic E-state index is 0.0452. The average molecular weight is 261 g/mol. The van der Waals surface area contributed by atoms with Crippen LogP contribution in [0.5, 0.6) is 0 Å². The van der Waals surface area contributed by atoms with Gasteiger partial charge in [0.1, 0.15) is 0 Å². The fourth-order valence-corrected chi connectivity index (χ4v) is 2.09. The van der Waals surface area contributed by atoms with Crippen molar-refractivity contribution in [3.05, 3.63) is 30.5 Å². The first-order valence-electron chi connectivity index (χ1n) is 6.25. The zero-order chi connectivity index (χ0) is 13.7. The maximum Gasteiger partial charge on any atom is 0.0953 e. The Morgan fingerprint density at radius 1 is 1.42 bits per heavy atom. The summed E-state index contributed by atoms with van der Waals surface area (Å²) >= 11 is 0. The standard InChI is InChI=1S/C14H19N3O2/c1-19-9-10(6-8-18)17-13-5-4-12(15)11-3-2-7-16-14(11)13/h2-5,7,10,17-18H,6,8-9,15H2,1H3. The molecule has 0 bridgehead atoms. The first-order valence-corrected chi connectivity index (χ1v) is 6.25. The lowest BCUT2D eigenvalue weighted by Gasteiger charge is -2.19. The Kier molecular flexibility index (Phi) is 4.54. The van der Waals surface area contributed by atoms with Crippen LogP contribution >= 0.6 is 0 Å². The van der Waals surface area contributed by atoms with E-state index < -0.39 is 0 Å². The molecule has 19 heavy (non-hydrogen) atoms. The van der Waals surface area contributed by atoms with E-state index in [-0.39, 0.29) is 12.6 Å². The van der Waals surface area contributed by atoms with Crippen LogP contribution in [0.4, 0.5) is 11.4 Å². The Bertz CT molecular complexity index is 539. The Morgan fingerprint density at radius 3 is 3.00 bits per heavy atom. The Hall–Kier alpha value is -1.85. The van der Waals surface area contributed by atoms with Gasteiger partial charge < -0.3 is 20.9 Å². The summed E-state index contributed by atoms with van der Waals surface area (Å²) in [5, 5.41) is 13.3. The van der Waals surface area contributed by atoms with E-state index in [0.29, 0.717) is 18.7 Å². The molecule has 0 saturated heterocycles. The van der Waals surface area contributed by atoms with Gasteiger partial charge in [0.25, 0.3) is 0 Å². The molecular weight excluding hydrogens is 242 g/mol. The van der Waals surface area contributed by atoms with Crippen molar-refractivity contribution < 1.29 is 9.84 Å². The van der Waals surface area contributed by atoms with Crippen molar-refractivity contribution in [1.82, 2.24) is 4.98 Å². The van der Waals surface area contributed by atoms with Gasteiger partial charge in [-0.05, 0) is 30.7 Å².